The zero-order valence-electron chi connectivity index (χ0n) is 4.96. The standard InChI is InChI=1S/C5H11N3/c1-2-3-4-8-5(6)7/h2-3H,4H2,1H3,(H4,6,7,8)/b3-2+. The number of nitrogens with zero attached hydrogens (tertiary/aromatic N) is 1. The largest absolute Gasteiger partial charge is 0.370 e. The second-order valence-corrected chi connectivity index (χ2v) is 1.33. The van der Waals surface area contributed by atoms with Gasteiger partial charge in [-0.15, -0.1) is 0 Å². The van der Waals surface area contributed by atoms with E-state index in [1.807, 2.05) is 19.1 Å². The molecule has 8 heavy (non-hydrogen) atoms. The first kappa shape index (κ1) is 7.01. The Morgan fingerprint density at radius 2 is 2.25 bits per heavy atom. The molecule has 0 heterocycles. The van der Waals surface area contributed by atoms with Gasteiger partial charge in [0.2, 0.25) is 0 Å². The van der Waals surface area contributed by atoms with Crippen LogP contribution in [0.2, 0.25) is 0 Å². The van der Waals surface area contributed by atoms with Crippen molar-refractivity contribution in [1.29, 1.82) is 0 Å². The van der Waals surface area contributed by atoms with Gasteiger partial charge in [-0.3, -0.25) is 0 Å². The van der Waals surface area contributed by atoms with E-state index in [-0.39, 0.29) is 5.96 Å². The van der Waals surface area contributed by atoms with Crippen LogP contribution in [0, 0.1) is 0 Å². The molecule has 0 aliphatic heterocycles. The molecule has 0 rings (SSSR count). The first-order valence-corrected chi connectivity index (χ1v) is 2.44. The van der Waals surface area contributed by atoms with Crippen molar-refractivity contribution in [3.63, 3.8) is 0 Å². The van der Waals surface area contributed by atoms with Crippen molar-refractivity contribution in [1.82, 2.24) is 0 Å². The van der Waals surface area contributed by atoms with Crippen LogP contribution in [0.25, 0.3) is 0 Å². The van der Waals surface area contributed by atoms with Gasteiger partial charge >= 0.3 is 0 Å². The molecule has 0 saturated carbocycles. The number of aliphatic imine (C=N–C) groups is 1. The summed E-state index contributed by atoms with van der Waals surface area (Å²) in [6, 6.07) is 0. The topological polar surface area (TPSA) is 64.4 Å². The van der Waals surface area contributed by atoms with Crippen LogP contribution in [0.3, 0.4) is 0 Å². The maximum absolute atomic E-state index is 5.03. The highest BCUT2D eigenvalue weighted by molar-refractivity contribution is 5.75. The van der Waals surface area contributed by atoms with E-state index in [0.717, 1.165) is 0 Å². The summed E-state index contributed by atoms with van der Waals surface area (Å²) in [5.41, 5.74) is 10.1. The molecule has 0 saturated heterocycles. The molecule has 0 aromatic heterocycles. The van der Waals surface area contributed by atoms with E-state index in [2.05, 4.69) is 4.99 Å². The summed E-state index contributed by atoms with van der Waals surface area (Å²) in [6.45, 7) is 2.50. The average Bonchev–Trinajstić information content (AvgIpc) is 1.66. The summed E-state index contributed by atoms with van der Waals surface area (Å²) in [5, 5.41) is 0. The number of hydrogen-bond acceptors (Lipinski definition) is 1. The highest BCUT2D eigenvalue weighted by atomic mass is 15.0. The van der Waals surface area contributed by atoms with Crippen molar-refractivity contribution in [2.45, 2.75) is 6.92 Å². The Kier molecular flexibility index (Phi) is 3.66. The molecule has 0 aromatic carbocycles. The molecule has 0 aliphatic rings. The lowest BCUT2D eigenvalue weighted by Crippen LogP contribution is -2.22. The minimum Gasteiger partial charge on any atom is -0.370 e. The SMILES string of the molecule is C/C=C/CN=C(N)N. The van der Waals surface area contributed by atoms with Crippen LogP contribution >= 0.6 is 0 Å². The maximum Gasteiger partial charge on any atom is 0.186 e. The van der Waals surface area contributed by atoms with Crippen LogP contribution in [-0.4, -0.2) is 12.5 Å². The Hall–Kier alpha value is -0.990. The summed E-state index contributed by atoms with van der Waals surface area (Å²) < 4.78 is 0. The molecule has 0 aliphatic carbocycles. The summed E-state index contributed by atoms with van der Waals surface area (Å²) in [5.74, 6) is 0.142. The molecule has 0 amide bonds. The molecule has 46 valence electrons. The zero-order valence-corrected chi connectivity index (χ0v) is 4.96. The number of hydrogen-bond donors (Lipinski definition) is 2. The van der Waals surface area contributed by atoms with E-state index < -0.39 is 0 Å². The smallest absolute Gasteiger partial charge is 0.186 e. The normalized spacial score (nSPS) is 9.62. The second-order valence-electron chi connectivity index (χ2n) is 1.33. The van der Waals surface area contributed by atoms with Gasteiger partial charge in [0.15, 0.2) is 5.96 Å². The van der Waals surface area contributed by atoms with Crippen molar-refractivity contribution in [3.05, 3.63) is 12.2 Å². The fraction of sp³-hybridized carbons (Fsp3) is 0.400. The Bertz CT molecular complexity index is 100. The van der Waals surface area contributed by atoms with Crippen molar-refractivity contribution < 1.29 is 0 Å². The van der Waals surface area contributed by atoms with Crippen LogP contribution in [0.1, 0.15) is 6.92 Å². The number of nitrogens with two attached hydrogens (primary N) is 2. The van der Waals surface area contributed by atoms with Crippen molar-refractivity contribution in [2.24, 2.45) is 16.5 Å². The van der Waals surface area contributed by atoms with Crippen LogP contribution in [-0.2, 0) is 0 Å². The van der Waals surface area contributed by atoms with Gasteiger partial charge in [-0.25, -0.2) is 4.99 Å². The van der Waals surface area contributed by atoms with E-state index in [9.17, 15) is 0 Å². The van der Waals surface area contributed by atoms with Gasteiger partial charge in [-0.05, 0) is 6.92 Å². The van der Waals surface area contributed by atoms with E-state index in [1.54, 1.807) is 0 Å². The lowest BCUT2D eigenvalue weighted by molar-refractivity contribution is 1.21. The third-order valence-electron chi connectivity index (χ3n) is 0.615. The maximum atomic E-state index is 5.03. The molecular formula is C5H11N3. The fourth-order valence-corrected chi connectivity index (χ4v) is 0.264. The first-order valence-electron chi connectivity index (χ1n) is 2.44. The van der Waals surface area contributed by atoms with Gasteiger partial charge in [0.25, 0.3) is 0 Å². The third kappa shape index (κ3) is 5.01. The molecule has 0 bridgehead atoms. The van der Waals surface area contributed by atoms with Crippen LogP contribution in [0.15, 0.2) is 17.1 Å². The van der Waals surface area contributed by atoms with Crippen LogP contribution in [0.4, 0.5) is 0 Å². The lowest BCUT2D eigenvalue weighted by Gasteiger charge is -1.84. The van der Waals surface area contributed by atoms with Gasteiger partial charge in [0, 0.05) is 0 Å². The van der Waals surface area contributed by atoms with Gasteiger partial charge in [0.05, 0.1) is 6.54 Å². The lowest BCUT2D eigenvalue weighted by atomic mass is 10.5. The summed E-state index contributed by atoms with van der Waals surface area (Å²) in [7, 11) is 0. The number of allylic oxidation sites excluding steroid dienone is 1. The average molecular weight is 113 g/mol. The summed E-state index contributed by atoms with van der Waals surface area (Å²) in [4.78, 5) is 3.70. The van der Waals surface area contributed by atoms with Crippen LogP contribution < -0.4 is 11.5 Å². The molecule has 0 radical (unpaired) electrons. The number of rotatable bonds is 2. The Labute approximate surface area is 49.1 Å². The fourth-order valence-electron chi connectivity index (χ4n) is 0.264. The number of guanidine groups is 1. The monoisotopic (exact) mass is 113 g/mol. The van der Waals surface area contributed by atoms with Gasteiger partial charge in [-0.2, -0.15) is 0 Å². The Morgan fingerprint density at radius 1 is 1.62 bits per heavy atom. The van der Waals surface area contributed by atoms with Gasteiger partial charge in [0.1, 0.15) is 0 Å². The molecular weight excluding hydrogens is 102 g/mol. The predicted octanol–water partition coefficient (Wildman–Crippen LogP) is -0.164. The molecule has 0 atom stereocenters. The Morgan fingerprint density at radius 3 is 2.62 bits per heavy atom. The minimum atomic E-state index is 0.142. The minimum absolute atomic E-state index is 0.142. The molecule has 3 nitrogen and oxygen atoms in total. The van der Waals surface area contributed by atoms with Crippen molar-refractivity contribution >= 4 is 5.96 Å². The molecule has 0 unspecified atom stereocenters. The van der Waals surface area contributed by atoms with E-state index >= 15 is 0 Å². The molecule has 0 fully saturated rings. The summed E-state index contributed by atoms with van der Waals surface area (Å²) in [6.07, 6.45) is 3.77. The zero-order chi connectivity index (χ0) is 6.41. The highest BCUT2D eigenvalue weighted by Gasteiger charge is 1.72. The first-order chi connectivity index (χ1) is 3.77. The van der Waals surface area contributed by atoms with Gasteiger partial charge < -0.3 is 11.5 Å². The van der Waals surface area contributed by atoms with E-state index in [4.69, 9.17) is 11.5 Å². The predicted molar refractivity (Wildman–Crippen MR) is 35.5 cm³/mol. The van der Waals surface area contributed by atoms with Crippen LogP contribution in [0.5, 0.6) is 0 Å². The molecule has 0 spiro atoms. The summed E-state index contributed by atoms with van der Waals surface area (Å²) >= 11 is 0. The van der Waals surface area contributed by atoms with Gasteiger partial charge in [-0.1, -0.05) is 12.2 Å². The van der Waals surface area contributed by atoms with E-state index in [1.165, 1.54) is 0 Å². The highest BCUT2D eigenvalue weighted by Crippen LogP contribution is 1.70. The quantitative estimate of drug-likeness (QED) is 0.297. The van der Waals surface area contributed by atoms with Crippen molar-refractivity contribution in [2.75, 3.05) is 6.54 Å². The third-order valence-corrected chi connectivity index (χ3v) is 0.615. The Balaban J connectivity index is 3.30. The van der Waals surface area contributed by atoms with Crippen molar-refractivity contribution in [3.8, 4) is 0 Å². The second kappa shape index (κ2) is 4.18. The molecule has 4 N–H and O–H groups in total. The van der Waals surface area contributed by atoms with E-state index in [0.29, 0.717) is 6.54 Å². The molecule has 0 aromatic rings. The molecule has 3 heteroatoms.